The molecule has 1 aliphatic rings. The quantitative estimate of drug-likeness (QED) is 0.618. The van der Waals surface area contributed by atoms with Gasteiger partial charge in [-0.1, -0.05) is 30.3 Å². The minimum Gasteiger partial charge on any atom is -0.491 e. The average molecular weight is 342 g/mol. The van der Waals surface area contributed by atoms with Crippen LogP contribution in [0.2, 0.25) is 0 Å². The Morgan fingerprint density at radius 2 is 2.12 bits per heavy atom. The Morgan fingerprint density at radius 1 is 1.32 bits per heavy atom. The van der Waals surface area contributed by atoms with Crippen molar-refractivity contribution in [1.82, 2.24) is 4.90 Å². The zero-order valence-electron chi connectivity index (χ0n) is 14.2. The van der Waals surface area contributed by atoms with Gasteiger partial charge in [-0.25, -0.2) is 0 Å². The van der Waals surface area contributed by atoms with Gasteiger partial charge in [0.15, 0.2) is 0 Å². The van der Waals surface area contributed by atoms with Gasteiger partial charge in [0.25, 0.3) is 5.69 Å². The Morgan fingerprint density at radius 3 is 2.92 bits per heavy atom. The predicted octanol–water partition coefficient (Wildman–Crippen LogP) is 2.95. The maximum atomic E-state index is 10.8. The SMILES string of the molecule is CN(CC(O)COc1cccc([N+](=O)[O-])c1)C1CCc2ccccc21. The number of non-ortho nitro benzene ring substituents is 1. The summed E-state index contributed by atoms with van der Waals surface area (Å²) in [6.07, 6.45) is 1.44. The summed E-state index contributed by atoms with van der Waals surface area (Å²) < 4.78 is 5.51. The van der Waals surface area contributed by atoms with Gasteiger partial charge in [-0.05, 0) is 37.1 Å². The molecule has 0 saturated carbocycles. The topological polar surface area (TPSA) is 75.8 Å². The molecule has 0 fully saturated rings. The third-order valence-corrected chi connectivity index (χ3v) is 4.60. The van der Waals surface area contributed by atoms with Crippen molar-refractivity contribution in [3.63, 3.8) is 0 Å². The lowest BCUT2D eigenvalue weighted by molar-refractivity contribution is -0.384. The van der Waals surface area contributed by atoms with Crippen LogP contribution in [0.3, 0.4) is 0 Å². The number of aryl methyl sites for hydroxylation is 1. The van der Waals surface area contributed by atoms with Gasteiger partial charge in [0.2, 0.25) is 0 Å². The molecule has 0 aliphatic heterocycles. The van der Waals surface area contributed by atoms with E-state index in [9.17, 15) is 15.2 Å². The maximum absolute atomic E-state index is 10.8. The highest BCUT2D eigenvalue weighted by Crippen LogP contribution is 2.34. The van der Waals surface area contributed by atoms with E-state index in [0.717, 1.165) is 12.8 Å². The highest BCUT2D eigenvalue weighted by atomic mass is 16.6. The first-order valence-corrected chi connectivity index (χ1v) is 8.38. The summed E-state index contributed by atoms with van der Waals surface area (Å²) >= 11 is 0. The van der Waals surface area contributed by atoms with Crippen LogP contribution < -0.4 is 4.74 Å². The van der Waals surface area contributed by atoms with Crippen molar-refractivity contribution in [3.8, 4) is 5.75 Å². The standard InChI is InChI=1S/C19H22N2O4/c1-20(19-10-9-14-5-2-3-8-18(14)19)12-16(22)13-25-17-7-4-6-15(11-17)21(23)24/h2-8,11,16,19,22H,9-10,12-13H2,1H3. The van der Waals surface area contributed by atoms with Gasteiger partial charge in [0.1, 0.15) is 18.5 Å². The molecule has 6 heteroatoms. The zero-order chi connectivity index (χ0) is 17.8. The number of aliphatic hydroxyl groups is 1. The van der Waals surface area contributed by atoms with Crippen molar-refractivity contribution in [2.75, 3.05) is 20.2 Å². The fraction of sp³-hybridized carbons (Fsp3) is 0.368. The van der Waals surface area contributed by atoms with E-state index in [4.69, 9.17) is 4.74 Å². The molecule has 1 N–H and O–H groups in total. The van der Waals surface area contributed by atoms with Gasteiger partial charge in [-0.15, -0.1) is 0 Å². The molecular weight excluding hydrogens is 320 g/mol. The fourth-order valence-electron chi connectivity index (χ4n) is 3.38. The van der Waals surface area contributed by atoms with E-state index in [1.807, 2.05) is 13.1 Å². The molecule has 1 aliphatic carbocycles. The summed E-state index contributed by atoms with van der Waals surface area (Å²) in [5, 5.41) is 21.0. The third kappa shape index (κ3) is 4.15. The number of rotatable bonds is 7. The first-order chi connectivity index (χ1) is 12.0. The number of nitro groups is 1. The summed E-state index contributed by atoms with van der Waals surface area (Å²) in [6.45, 7) is 0.577. The van der Waals surface area contributed by atoms with Crippen LogP contribution in [0.4, 0.5) is 5.69 Å². The molecule has 25 heavy (non-hydrogen) atoms. The molecule has 6 nitrogen and oxygen atoms in total. The molecule has 3 rings (SSSR count). The minimum atomic E-state index is -0.669. The van der Waals surface area contributed by atoms with Crippen molar-refractivity contribution >= 4 is 5.69 Å². The normalized spacial score (nSPS) is 17.3. The number of nitrogens with zero attached hydrogens (tertiary/aromatic N) is 2. The second-order valence-corrected chi connectivity index (χ2v) is 6.41. The smallest absolute Gasteiger partial charge is 0.273 e. The number of nitro benzene ring substituents is 1. The van der Waals surface area contributed by atoms with Crippen molar-refractivity contribution < 1.29 is 14.8 Å². The van der Waals surface area contributed by atoms with E-state index < -0.39 is 11.0 Å². The molecule has 0 radical (unpaired) electrons. The van der Waals surface area contributed by atoms with E-state index in [0.29, 0.717) is 18.3 Å². The van der Waals surface area contributed by atoms with E-state index >= 15 is 0 Å². The van der Waals surface area contributed by atoms with Crippen molar-refractivity contribution in [3.05, 3.63) is 69.8 Å². The van der Waals surface area contributed by atoms with Crippen LogP contribution in [-0.4, -0.2) is 41.2 Å². The van der Waals surface area contributed by atoms with Gasteiger partial charge in [0, 0.05) is 18.7 Å². The predicted molar refractivity (Wildman–Crippen MR) is 94.7 cm³/mol. The number of benzene rings is 2. The molecule has 0 bridgehead atoms. The van der Waals surface area contributed by atoms with Crippen molar-refractivity contribution in [1.29, 1.82) is 0 Å². The lowest BCUT2D eigenvalue weighted by Gasteiger charge is -2.27. The summed E-state index contributed by atoms with van der Waals surface area (Å²) in [7, 11) is 2.00. The van der Waals surface area contributed by atoms with Gasteiger partial charge < -0.3 is 9.84 Å². The van der Waals surface area contributed by atoms with Gasteiger partial charge in [-0.3, -0.25) is 15.0 Å². The number of ether oxygens (including phenoxy) is 1. The van der Waals surface area contributed by atoms with Crippen LogP contribution in [0.15, 0.2) is 48.5 Å². The zero-order valence-corrected chi connectivity index (χ0v) is 14.2. The number of aliphatic hydroxyl groups excluding tert-OH is 1. The summed E-state index contributed by atoms with van der Waals surface area (Å²) in [5.41, 5.74) is 2.69. The molecular formula is C19H22N2O4. The second-order valence-electron chi connectivity index (χ2n) is 6.41. The van der Waals surface area contributed by atoms with Crippen LogP contribution in [0.5, 0.6) is 5.75 Å². The minimum absolute atomic E-state index is 0.0216. The highest BCUT2D eigenvalue weighted by Gasteiger charge is 2.26. The first-order valence-electron chi connectivity index (χ1n) is 8.38. The lowest BCUT2D eigenvalue weighted by atomic mass is 10.1. The summed E-state index contributed by atoms with van der Waals surface area (Å²) in [5.74, 6) is 0.391. The van der Waals surface area contributed by atoms with Crippen LogP contribution in [0, 0.1) is 10.1 Å². The van der Waals surface area contributed by atoms with Crippen LogP contribution in [-0.2, 0) is 6.42 Å². The Hall–Kier alpha value is -2.44. The average Bonchev–Trinajstić information content (AvgIpc) is 3.04. The monoisotopic (exact) mass is 342 g/mol. The van der Waals surface area contributed by atoms with E-state index in [1.54, 1.807) is 12.1 Å². The summed E-state index contributed by atoms with van der Waals surface area (Å²) in [4.78, 5) is 12.5. The van der Waals surface area contributed by atoms with Crippen molar-refractivity contribution in [2.45, 2.75) is 25.0 Å². The first kappa shape index (κ1) is 17.4. The third-order valence-electron chi connectivity index (χ3n) is 4.60. The molecule has 0 heterocycles. The van der Waals surface area contributed by atoms with Crippen LogP contribution in [0.25, 0.3) is 0 Å². The van der Waals surface area contributed by atoms with E-state index in [2.05, 4.69) is 23.1 Å². The molecule has 0 amide bonds. The molecule has 2 aromatic carbocycles. The van der Waals surface area contributed by atoms with Crippen LogP contribution in [0.1, 0.15) is 23.6 Å². The fourth-order valence-corrected chi connectivity index (χ4v) is 3.38. The largest absolute Gasteiger partial charge is 0.491 e. The molecule has 2 atom stereocenters. The Bertz CT molecular complexity index is 750. The number of hydrogen-bond donors (Lipinski definition) is 1. The van der Waals surface area contributed by atoms with Crippen molar-refractivity contribution in [2.24, 2.45) is 0 Å². The lowest BCUT2D eigenvalue weighted by Crippen LogP contribution is -2.35. The maximum Gasteiger partial charge on any atom is 0.273 e. The van der Waals surface area contributed by atoms with E-state index in [1.165, 1.54) is 23.3 Å². The molecule has 2 unspecified atom stereocenters. The highest BCUT2D eigenvalue weighted by molar-refractivity contribution is 5.38. The van der Waals surface area contributed by atoms with Crippen LogP contribution >= 0.6 is 0 Å². The van der Waals surface area contributed by atoms with Gasteiger partial charge >= 0.3 is 0 Å². The van der Waals surface area contributed by atoms with E-state index in [-0.39, 0.29) is 12.3 Å². The Labute approximate surface area is 146 Å². The molecule has 132 valence electrons. The number of likely N-dealkylation sites (N-methyl/N-ethyl adjacent to an activating group) is 1. The molecule has 2 aromatic rings. The summed E-state index contributed by atoms with van der Waals surface area (Å²) in [6, 6.07) is 14.7. The molecule has 0 aromatic heterocycles. The number of fused-ring (bicyclic) bond motifs is 1. The number of hydrogen-bond acceptors (Lipinski definition) is 5. The second kappa shape index (κ2) is 7.63. The van der Waals surface area contributed by atoms with Gasteiger partial charge in [-0.2, -0.15) is 0 Å². The Balaban J connectivity index is 1.54. The van der Waals surface area contributed by atoms with Gasteiger partial charge in [0.05, 0.1) is 11.0 Å². The molecule has 0 spiro atoms. The Kier molecular flexibility index (Phi) is 5.31. The molecule has 0 saturated heterocycles.